The van der Waals surface area contributed by atoms with Gasteiger partial charge < -0.3 is 5.32 Å². The molecule has 1 aliphatic rings. The number of nitrogens with zero attached hydrogens (tertiary/aromatic N) is 2. The second-order valence-corrected chi connectivity index (χ2v) is 4.37. The zero-order chi connectivity index (χ0) is 9.47. The molecule has 1 N–H and O–H groups in total. The molecule has 0 bridgehead atoms. The predicted octanol–water partition coefficient (Wildman–Crippen LogP) is 1.28. The molecule has 3 nitrogen and oxygen atoms in total. The molecule has 1 unspecified atom stereocenters. The van der Waals surface area contributed by atoms with Gasteiger partial charge in [-0.25, -0.2) is 0 Å². The number of aryl methyl sites for hydroxylation is 1. The van der Waals surface area contributed by atoms with Crippen LogP contribution in [0.25, 0.3) is 0 Å². The summed E-state index contributed by atoms with van der Waals surface area (Å²) in [6.45, 7) is 5.64. The highest BCUT2D eigenvalue weighted by Gasteiger charge is 2.36. The Bertz CT molecular complexity index is 301. The highest BCUT2D eigenvalue weighted by atomic mass is 15.3. The molecule has 3 heteroatoms. The summed E-state index contributed by atoms with van der Waals surface area (Å²) in [4.78, 5) is 0. The fourth-order valence-electron chi connectivity index (χ4n) is 2.27. The molecule has 1 atom stereocenters. The maximum atomic E-state index is 4.22. The summed E-state index contributed by atoms with van der Waals surface area (Å²) in [5.41, 5.74) is 1.56. The van der Waals surface area contributed by atoms with Crippen molar-refractivity contribution in [3.05, 3.63) is 18.0 Å². The Labute approximate surface area is 79.1 Å². The van der Waals surface area contributed by atoms with Gasteiger partial charge in [-0.2, -0.15) is 5.10 Å². The molecule has 72 valence electrons. The van der Waals surface area contributed by atoms with E-state index in [2.05, 4.69) is 30.3 Å². The van der Waals surface area contributed by atoms with Crippen LogP contribution in [0.2, 0.25) is 0 Å². The molecule has 1 fully saturated rings. The molecular formula is C10H17N3. The number of rotatable bonds is 1. The summed E-state index contributed by atoms with van der Waals surface area (Å²) in [5.74, 6) is 0.597. The minimum absolute atomic E-state index is 0.216. The quantitative estimate of drug-likeness (QED) is 0.703. The van der Waals surface area contributed by atoms with E-state index in [-0.39, 0.29) is 5.54 Å². The lowest BCUT2D eigenvalue weighted by molar-refractivity contribution is 0.395. The topological polar surface area (TPSA) is 29.9 Å². The summed E-state index contributed by atoms with van der Waals surface area (Å²) in [5, 5.41) is 7.74. The van der Waals surface area contributed by atoms with Crippen molar-refractivity contribution in [1.29, 1.82) is 0 Å². The normalized spacial score (nSPS) is 26.5. The summed E-state index contributed by atoms with van der Waals surface area (Å²) >= 11 is 0. The third kappa shape index (κ3) is 1.37. The Kier molecular flexibility index (Phi) is 1.91. The zero-order valence-electron chi connectivity index (χ0n) is 8.54. The van der Waals surface area contributed by atoms with E-state index in [0.717, 1.165) is 6.54 Å². The molecule has 1 saturated heterocycles. The van der Waals surface area contributed by atoms with Gasteiger partial charge in [-0.05, 0) is 32.9 Å². The molecule has 13 heavy (non-hydrogen) atoms. The lowest BCUT2D eigenvalue weighted by Gasteiger charge is -2.27. The van der Waals surface area contributed by atoms with Gasteiger partial charge in [0.15, 0.2) is 0 Å². The minimum Gasteiger partial charge on any atom is -0.311 e. The van der Waals surface area contributed by atoms with Crippen molar-refractivity contribution >= 4 is 0 Å². The molecule has 0 aromatic carbocycles. The molecule has 1 aromatic heterocycles. The van der Waals surface area contributed by atoms with Crippen LogP contribution in [-0.4, -0.2) is 21.9 Å². The minimum atomic E-state index is 0.216. The van der Waals surface area contributed by atoms with Crippen LogP contribution in [0.3, 0.4) is 0 Å². The van der Waals surface area contributed by atoms with Crippen molar-refractivity contribution in [3.63, 3.8) is 0 Å². The molecule has 1 aromatic rings. The second-order valence-electron chi connectivity index (χ2n) is 4.37. The van der Waals surface area contributed by atoms with E-state index in [1.54, 1.807) is 0 Å². The van der Waals surface area contributed by atoms with Gasteiger partial charge in [0.1, 0.15) is 0 Å². The molecule has 2 heterocycles. The number of nitrogens with one attached hydrogen (secondary N) is 1. The van der Waals surface area contributed by atoms with Crippen molar-refractivity contribution in [2.45, 2.75) is 31.7 Å². The van der Waals surface area contributed by atoms with Gasteiger partial charge in [0.05, 0.1) is 0 Å². The highest BCUT2D eigenvalue weighted by Crippen LogP contribution is 2.34. The van der Waals surface area contributed by atoms with Crippen LogP contribution in [0, 0.1) is 0 Å². The smallest absolute Gasteiger partial charge is 0.0492 e. The van der Waals surface area contributed by atoms with Crippen molar-refractivity contribution in [2.75, 3.05) is 6.54 Å². The van der Waals surface area contributed by atoms with E-state index < -0.39 is 0 Å². The molecule has 0 radical (unpaired) electrons. The zero-order valence-corrected chi connectivity index (χ0v) is 8.54. The van der Waals surface area contributed by atoms with Crippen LogP contribution in [-0.2, 0) is 7.05 Å². The highest BCUT2D eigenvalue weighted by molar-refractivity contribution is 5.16. The Morgan fingerprint density at radius 1 is 1.62 bits per heavy atom. The van der Waals surface area contributed by atoms with Gasteiger partial charge >= 0.3 is 0 Å². The van der Waals surface area contributed by atoms with Gasteiger partial charge in [-0.15, -0.1) is 0 Å². The first kappa shape index (κ1) is 8.75. The monoisotopic (exact) mass is 179 g/mol. The largest absolute Gasteiger partial charge is 0.311 e. The maximum Gasteiger partial charge on any atom is 0.0492 e. The number of aromatic nitrogens is 2. The standard InChI is InChI=1S/C10H17N3/c1-10(2)8(4-6-11-10)9-5-7-12-13(9)3/h5,7-8,11H,4,6H2,1-3H3. The lowest BCUT2D eigenvalue weighted by Crippen LogP contribution is -2.37. The molecule has 0 spiro atoms. The predicted molar refractivity (Wildman–Crippen MR) is 52.6 cm³/mol. The van der Waals surface area contributed by atoms with Gasteiger partial charge in [0.2, 0.25) is 0 Å². The van der Waals surface area contributed by atoms with Crippen molar-refractivity contribution < 1.29 is 0 Å². The fraction of sp³-hybridized carbons (Fsp3) is 0.700. The maximum absolute atomic E-state index is 4.22. The first-order valence-corrected chi connectivity index (χ1v) is 4.84. The first-order chi connectivity index (χ1) is 6.11. The van der Waals surface area contributed by atoms with Crippen LogP contribution < -0.4 is 5.32 Å². The van der Waals surface area contributed by atoms with Crippen molar-refractivity contribution in [1.82, 2.24) is 15.1 Å². The van der Waals surface area contributed by atoms with Crippen LogP contribution in [0.4, 0.5) is 0 Å². The first-order valence-electron chi connectivity index (χ1n) is 4.84. The Morgan fingerprint density at radius 3 is 2.85 bits per heavy atom. The molecular weight excluding hydrogens is 162 g/mol. The summed E-state index contributed by atoms with van der Waals surface area (Å²) in [6, 6.07) is 2.12. The molecule has 2 rings (SSSR count). The van der Waals surface area contributed by atoms with E-state index in [9.17, 15) is 0 Å². The molecule has 1 aliphatic heterocycles. The number of hydrogen-bond donors (Lipinski definition) is 1. The van der Waals surface area contributed by atoms with E-state index in [1.807, 2.05) is 17.9 Å². The SMILES string of the molecule is Cn1nccc1C1CCNC1(C)C. The van der Waals surface area contributed by atoms with E-state index in [4.69, 9.17) is 0 Å². The molecule has 0 amide bonds. The Morgan fingerprint density at radius 2 is 2.38 bits per heavy atom. The fourth-order valence-corrected chi connectivity index (χ4v) is 2.27. The summed E-state index contributed by atoms with van der Waals surface area (Å²) in [6.07, 6.45) is 3.09. The third-order valence-corrected chi connectivity index (χ3v) is 3.10. The Balaban J connectivity index is 2.31. The van der Waals surface area contributed by atoms with E-state index >= 15 is 0 Å². The van der Waals surface area contributed by atoms with Gasteiger partial charge in [-0.1, -0.05) is 0 Å². The van der Waals surface area contributed by atoms with Gasteiger partial charge in [0.25, 0.3) is 0 Å². The lowest BCUT2D eigenvalue weighted by atomic mass is 9.86. The summed E-state index contributed by atoms with van der Waals surface area (Å²) in [7, 11) is 2.02. The Hall–Kier alpha value is -0.830. The van der Waals surface area contributed by atoms with Crippen LogP contribution >= 0.6 is 0 Å². The summed E-state index contributed by atoms with van der Waals surface area (Å²) < 4.78 is 1.99. The third-order valence-electron chi connectivity index (χ3n) is 3.10. The van der Waals surface area contributed by atoms with Crippen LogP contribution in [0.1, 0.15) is 31.9 Å². The van der Waals surface area contributed by atoms with Crippen LogP contribution in [0.5, 0.6) is 0 Å². The average Bonchev–Trinajstić information content (AvgIpc) is 2.56. The van der Waals surface area contributed by atoms with E-state index in [0.29, 0.717) is 5.92 Å². The van der Waals surface area contributed by atoms with Crippen LogP contribution in [0.15, 0.2) is 12.3 Å². The van der Waals surface area contributed by atoms with Gasteiger partial charge in [-0.3, -0.25) is 4.68 Å². The van der Waals surface area contributed by atoms with Crippen molar-refractivity contribution in [2.24, 2.45) is 7.05 Å². The van der Waals surface area contributed by atoms with E-state index in [1.165, 1.54) is 12.1 Å². The second kappa shape index (κ2) is 2.84. The molecule has 0 saturated carbocycles. The van der Waals surface area contributed by atoms with Gasteiger partial charge in [0, 0.05) is 30.4 Å². The average molecular weight is 179 g/mol. The molecule has 0 aliphatic carbocycles. The van der Waals surface area contributed by atoms with Crippen molar-refractivity contribution in [3.8, 4) is 0 Å². The number of hydrogen-bond acceptors (Lipinski definition) is 2.